The van der Waals surface area contributed by atoms with Crippen molar-refractivity contribution in [3.8, 4) is 11.5 Å². The number of rotatable bonds is 6. The summed E-state index contributed by atoms with van der Waals surface area (Å²) in [6.45, 7) is 0.670. The molecule has 0 spiro atoms. The van der Waals surface area contributed by atoms with Crippen LogP contribution < -0.4 is 9.47 Å². The molecule has 1 aliphatic heterocycles. The van der Waals surface area contributed by atoms with Crippen LogP contribution in [-0.2, 0) is 9.59 Å². The Morgan fingerprint density at radius 2 is 1.69 bits per heavy atom. The summed E-state index contributed by atoms with van der Waals surface area (Å²) in [5.74, 6) is -1.08. The van der Waals surface area contributed by atoms with E-state index < -0.39 is 11.9 Å². The van der Waals surface area contributed by atoms with Gasteiger partial charge >= 0.3 is 5.97 Å². The van der Waals surface area contributed by atoms with E-state index in [0.29, 0.717) is 37.4 Å². The summed E-state index contributed by atoms with van der Waals surface area (Å²) < 4.78 is 10.5. The fourth-order valence-electron chi connectivity index (χ4n) is 3.00. The van der Waals surface area contributed by atoms with Crippen molar-refractivity contribution in [3.05, 3.63) is 23.8 Å². The highest BCUT2D eigenvalue weighted by atomic mass is 16.5. The van der Waals surface area contributed by atoms with Gasteiger partial charge in [-0.3, -0.25) is 14.4 Å². The number of benzene rings is 1. The third-order valence-electron chi connectivity index (χ3n) is 4.56. The molecular formula is C18H24N2O6. The lowest BCUT2D eigenvalue weighted by Gasteiger charge is -2.31. The summed E-state index contributed by atoms with van der Waals surface area (Å²) >= 11 is 0. The summed E-state index contributed by atoms with van der Waals surface area (Å²) in [5, 5.41) is 9.03. The first-order valence-electron chi connectivity index (χ1n) is 8.36. The minimum atomic E-state index is -0.826. The molecule has 0 aromatic heterocycles. The number of likely N-dealkylation sites (N-methyl/N-ethyl adjacent to an activating group) is 1. The lowest BCUT2D eigenvalue weighted by molar-refractivity contribution is -0.145. The average molecular weight is 364 g/mol. The van der Waals surface area contributed by atoms with Crippen molar-refractivity contribution in [2.45, 2.75) is 12.8 Å². The molecule has 2 rings (SSSR count). The van der Waals surface area contributed by atoms with Crippen molar-refractivity contribution in [1.82, 2.24) is 9.80 Å². The molecule has 142 valence electrons. The number of nitrogens with zero attached hydrogens (tertiary/aromatic N) is 2. The number of carboxylic acid groups (broad SMARTS) is 1. The fourth-order valence-corrected chi connectivity index (χ4v) is 3.00. The highest BCUT2D eigenvalue weighted by molar-refractivity contribution is 6.01. The van der Waals surface area contributed by atoms with Crippen molar-refractivity contribution in [2.75, 3.05) is 40.9 Å². The number of piperidine rings is 1. The number of methoxy groups -OCH3 is 2. The molecule has 0 unspecified atom stereocenters. The average Bonchev–Trinajstić information content (AvgIpc) is 2.66. The summed E-state index contributed by atoms with van der Waals surface area (Å²) in [6, 6.07) is 5.02. The number of likely N-dealkylation sites (tertiary alicyclic amines) is 1. The van der Waals surface area contributed by atoms with Crippen LogP contribution in [0.5, 0.6) is 11.5 Å². The predicted molar refractivity (Wildman–Crippen MR) is 93.4 cm³/mol. The molecule has 1 aromatic carbocycles. The zero-order valence-electron chi connectivity index (χ0n) is 15.2. The van der Waals surface area contributed by atoms with Gasteiger partial charge in [0.15, 0.2) is 0 Å². The fraction of sp³-hybridized carbons (Fsp3) is 0.500. The van der Waals surface area contributed by atoms with Crippen LogP contribution in [0.3, 0.4) is 0 Å². The van der Waals surface area contributed by atoms with E-state index >= 15 is 0 Å². The number of carbonyl (C=O) groups excluding carboxylic acids is 2. The Bertz CT molecular complexity index is 660. The Kier molecular flexibility index (Phi) is 6.43. The van der Waals surface area contributed by atoms with Crippen LogP contribution in [0.25, 0.3) is 0 Å². The molecule has 8 heteroatoms. The van der Waals surface area contributed by atoms with E-state index in [1.807, 2.05) is 0 Å². The van der Waals surface area contributed by atoms with Gasteiger partial charge in [-0.1, -0.05) is 6.07 Å². The Balaban J connectivity index is 2.04. The van der Waals surface area contributed by atoms with E-state index in [4.69, 9.17) is 14.6 Å². The van der Waals surface area contributed by atoms with Gasteiger partial charge in [0, 0.05) is 20.1 Å². The van der Waals surface area contributed by atoms with E-state index in [9.17, 15) is 14.4 Å². The molecule has 1 heterocycles. The molecule has 0 aliphatic carbocycles. The lowest BCUT2D eigenvalue weighted by Crippen LogP contribution is -2.45. The molecule has 1 fully saturated rings. The summed E-state index contributed by atoms with van der Waals surface area (Å²) in [6.07, 6.45) is 0.859. The van der Waals surface area contributed by atoms with E-state index in [0.717, 1.165) is 0 Å². The topological polar surface area (TPSA) is 96.4 Å². The number of carbonyl (C=O) groups is 3. The normalized spacial score (nSPS) is 14.7. The van der Waals surface area contributed by atoms with Crippen LogP contribution in [0.15, 0.2) is 18.2 Å². The molecule has 8 nitrogen and oxygen atoms in total. The van der Waals surface area contributed by atoms with Crippen LogP contribution >= 0.6 is 0 Å². The highest BCUT2D eigenvalue weighted by Gasteiger charge is 2.29. The van der Waals surface area contributed by atoms with Crippen molar-refractivity contribution in [3.63, 3.8) is 0 Å². The Morgan fingerprint density at radius 1 is 1.15 bits per heavy atom. The predicted octanol–water partition coefficient (Wildman–Crippen LogP) is 1.10. The number of hydrogen-bond acceptors (Lipinski definition) is 5. The molecule has 0 radical (unpaired) electrons. The van der Waals surface area contributed by atoms with Crippen molar-refractivity contribution in [1.29, 1.82) is 0 Å². The second-order valence-electron chi connectivity index (χ2n) is 6.19. The minimum absolute atomic E-state index is 0.0994. The SMILES string of the molecule is COc1cccc(OC)c1C(=O)N(C)CC(=O)N1CCC(C(=O)O)CC1. The molecule has 0 bridgehead atoms. The van der Waals surface area contributed by atoms with Crippen LogP contribution in [-0.4, -0.2) is 73.6 Å². The first kappa shape index (κ1) is 19.6. The monoisotopic (exact) mass is 364 g/mol. The Morgan fingerprint density at radius 3 is 2.15 bits per heavy atom. The third-order valence-corrected chi connectivity index (χ3v) is 4.56. The number of amides is 2. The van der Waals surface area contributed by atoms with Crippen molar-refractivity contribution >= 4 is 17.8 Å². The highest BCUT2D eigenvalue weighted by Crippen LogP contribution is 2.29. The second kappa shape index (κ2) is 8.55. The summed E-state index contributed by atoms with van der Waals surface area (Å²) in [4.78, 5) is 39.1. The lowest BCUT2D eigenvalue weighted by atomic mass is 9.97. The number of ether oxygens (including phenoxy) is 2. The van der Waals surface area contributed by atoms with Gasteiger partial charge in [-0.15, -0.1) is 0 Å². The first-order valence-corrected chi connectivity index (χ1v) is 8.36. The van der Waals surface area contributed by atoms with E-state index in [2.05, 4.69) is 0 Å². The van der Waals surface area contributed by atoms with E-state index in [1.165, 1.54) is 26.2 Å². The van der Waals surface area contributed by atoms with Gasteiger partial charge in [-0.2, -0.15) is 0 Å². The number of aliphatic carboxylic acids is 1. The van der Waals surface area contributed by atoms with E-state index in [-0.39, 0.29) is 23.9 Å². The van der Waals surface area contributed by atoms with Crippen LogP contribution in [0.1, 0.15) is 23.2 Å². The second-order valence-corrected chi connectivity index (χ2v) is 6.19. The van der Waals surface area contributed by atoms with Gasteiger partial charge in [0.2, 0.25) is 5.91 Å². The number of carboxylic acids is 1. The zero-order chi connectivity index (χ0) is 19.3. The van der Waals surface area contributed by atoms with Gasteiger partial charge < -0.3 is 24.4 Å². The van der Waals surface area contributed by atoms with Gasteiger partial charge in [-0.25, -0.2) is 0 Å². The standard InChI is InChI=1S/C18H24N2O6/c1-19(11-15(21)20-9-7-12(8-10-20)18(23)24)17(22)16-13(25-2)5-4-6-14(16)26-3/h4-6,12H,7-11H2,1-3H3,(H,23,24). The van der Waals surface area contributed by atoms with Gasteiger partial charge in [0.05, 0.1) is 26.7 Å². The van der Waals surface area contributed by atoms with Crippen molar-refractivity contribution in [2.24, 2.45) is 5.92 Å². The summed E-state index contributed by atoms with van der Waals surface area (Å²) in [7, 11) is 4.46. The van der Waals surface area contributed by atoms with Crippen LogP contribution in [0.2, 0.25) is 0 Å². The van der Waals surface area contributed by atoms with Gasteiger partial charge in [0.25, 0.3) is 5.91 Å². The molecule has 26 heavy (non-hydrogen) atoms. The molecule has 0 atom stereocenters. The maximum absolute atomic E-state index is 12.8. The van der Waals surface area contributed by atoms with Crippen molar-refractivity contribution < 1.29 is 29.0 Å². The maximum Gasteiger partial charge on any atom is 0.306 e. The first-order chi connectivity index (χ1) is 12.4. The Labute approximate surface area is 152 Å². The molecule has 0 saturated carbocycles. The molecule has 1 saturated heterocycles. The van der Waals surface area contributed by atoms with Gasteiger partial charge in [0.1, 0.15) is 17.1 Å². The molecular weight excluding hydrogens is 340 g/mol. The van der Waals surface area contributed by atoms with Gasteiger partial charge in [-0.05, 0) is 25.0 Å². The smallest absolute Gasteiger partial charge is 0.306 e. The quantitative estimate of drug-likeness (QED) is 0.812. The van der Waals surface area contributed by atoms with Crippen LogP contribution in [0.4, 0.5) is 0 Å². The third kappa shape index (κ3) is 4.25. The maximum atomic E-state index is 12.8. The molecule has 1 N–H and O–H groups in total. The molecule has 1 aromatic rings. The zero-order valence-corrected chi connectivity index (χ0v) is 15.2. The summed E-state index contributed by atoms with van der Waals surface area (Å²) in [5.41, 5.74) is 0.261. The largest absolute Gasteiger partial charge is 0.496 e. The molecule has 2 amide bonds. The number of hydrogen-bond donors (Lipinski definition) is 1. The Hall–Kier alpha value is -2.77. The molecule has 1 aliphatic rings. The van der Waals surface area contributed by atoms with E-state index in [1.54, 1.807) is 23.1 Å². The minimum Gasteiger partial charge on any atom is -0.496 e. The van der Waals surface area contributed by atoms with Crippen LogP contribution in [0, 0.1) is 5.92 Å².